The molecule has 2 aliphatic heterocycles. The second-order valence-electron chi connectivity index (χ2n) is 4.21. The fourth-order valence-corrected chi connectivity index (χ4v) is 2.60. The minimum atomic E-state index is -3.26. The Kier molecular flexibility index (Phi) is 3.68. The first-order valence-electron chi connectivity index (χ1n) is 5.63. The van der Waals surface area contributed by atoms with Gasteiger partial charge in [0.2, 0.25) is 5.88 Å². The van der Waals surface area contributed by atoms with Crippen LogP contribution in [-0.2, 0) is 14.6 Å². The summed E-state index contributed by atoms with van der Waals surface area (Å²) in [4.78, 5) is 4.14. The van der Waals surface area contributed by atoms with E-state index in [0.717, 1.165) is 25.9 Å². The van der Waals surface area contributed by atoms with Crippen LogP contribution in [0, 0.1) is 0 Å². The molecule has 1 fully saturated rings. The van der Waals surface area contributed by atoms with E-state index in [1.807, 2.05) is 0 Å². The molecule has 0 aromatic heterocycles. The van der Waals surface area contributed by atoms with Crippen LogP contribution < -0.4 is 10.6 Å². The van der Waals surface area contributed by atoms with Crippen LogP contribution in [0.1, 0.15) is 12.8 Å². The van der Waals surface area contributed by atoms with Crippen LogP contribution in [0.5, 0.6) is 0 Å². The molecule has 17 heavy (non-hydrogen) atoms. The average Bonchev–Trinajstić information content (AvgIpc) is 2.30. The summed E-state index contributed by atoms with van der Waals surface area (Å²) in [6.07, 6.45) is 4.50. The summed E-state index contributed by atoms with van der Waals surface area (Å²) in [5.41, 5.74) is 0. The number of rotatable bonds is 3. The van der Waals surface area contributed by atoms with Gasteiger partial charge in [-0.2, -0.15) is 0 Å². The predicted octanol–water partition coefficient (Wildman–Crippen LogP) is -0.400. The van der Waals surface area contributed by atoms with Crippen molar-refractivity contribution >= 4 is 16.2 Å². The van der Waals surface area contributed by atoms with Gasteiger partial charge in [0.25, 0.3) is 0 Å². The van der Waals surface area contributed by atoms with Crippen molar-refractivity contribution in [3.8, 4) is 0 Å². The molecule has 1 saturated heterocycles. The Balaban J connectivity index is 2.12. The number of hydrogen-bond donors (Lipinski definition) is 2. The largest absolute Gasteiger partial charge is 0.475 e. The van der Waals surface area contributed by atoms with Crippen molar-refractivity contribution in [2.24, 2.45) is 4.99 Å². The van der Waals surface area contributed by atoms with Gasteiger partial charge in [-0.3, -0.25) is 4.99 Å². The lowest BCUT2D eigenvalue weighted by atomic mass is 10.1. The van der Waals surface area contributed by atoms with Crippen molar-refractivity contribution in [1.29, 1.82) is 0 Å². The number of aliphatic imine (C=N–C) groups is 1. The molecule has 2 rings (SSSR count). The van der Waals surface area contributed by atoms with Crippen molar-refractivity contribution in [2.75, 3.05) is 25.9 Å². The minimum absolute atomic E-state index is 0.0713. The van der Waals surface area contributed by atoms with E-state index >= 15 is 0 Å². The summed E-state index contributed by atoms with van der Waals surface area (Å²) < 4.78 is 28.9. The molecular formula is C10H17N3O3S. The van der Waals surface area contributed by atoms with Crippen molar-refractivity contribution in [2.45, 2.75) is 18.9 Å². The molecule has 0 aliphatic carbocycles. The topological polar surface area (TPSA) is 79.8 Å². The molecule has 2 aliphatic rings. The van der Waals surface area contributed by atoms with Crippen LogP contribution >= 0.6 is 0 Å². The molecule has 0 spiro atoms. The fourth-order valence-electron chi connectivity index (χ4n) is 1.85. The summed E-state index contributed by atoms with van der Waals surface area (Å²) in [6.45, 7) is 1.96. The molecule has 7 heteroatoms. The van der Waals surface area contributed by atoms with Crippen LogP contribution in [0.2, 0.25) is 0 Å². The molecule has 0 bridgehead atoms. The second kappa shape index (κ2) is 5.05. The smallest absolute Gasteiger partial charge is 0.209 e. The van der Waals surface area contributed by atoms with E-state index in [0.29, 0.717) is 5.88 Å². The van der Waals surface area contributed by atoms with E-state index in [9.17, 15) is 8.42 Å². The summed E-state index contributed by atoms with van der Waals surface area (Å²) in [7, 11) is -3.26. The number of piperidine rings is 1. The van der Waals surface area contributed by atoms with Gasteiger partial charge in [0.05, 0.1) is 12.9 Å². The van der Waals surface area contributed by atoms with E-state index in [-0.39, 0.29) is 17.6 Å². The van der Waals surface area contributed by atoms with Gasteiger partial charge < -0.3 is 15.4 Å². The van der Waals surface area contributed by atoms with Gasteiger partial charge in [-0.15, -0.1) is 0 Å². The zero-order chi connectivity index (χ0) is 12.3. The van der Waals surface area contributed by atoms with Crippen LogP contribution in [0.4, 0.5) is 0 Å². The summed E-state index contributed by atoms with van der Waals surface area (Å²) in [5.74, 6) is 0.342. The lowest BCUT2D eigenvalue weighted by molar-refractivity contribution is 0.0798. The first kappa shape index (κ1) is 12.4. The quantitative estimate of drug-likeness (QED) is 0.721. The number of nitrogens with one attached hydrogen (secondary N) is 2. The molecule has 0 aromatic rings. The van der Waals surface area contributed by atoms with Gasteiger partial charge in [-0.25, -0.2) is 8.42 Å². The summed E-state index contributed by atoms with van der Waals surface area (Å²) >= 11 is 0. The molecule has 0 radical (unpaired) electrons. The summed E-state index contributed by atoms with van der Waals surface area (Å²) in [5, 5.41) is 6.02. The van der Waals surface area contributed by atoms with Gasteiger partial charge in [0, 0.05) is 6.26 Å². The first-order chi connectivity index (χ1) is 8.07. The van der Waals surface area contributed by atoms with Crippen LogP contribution in [-0.4, -0.2) is 46.8 Å². The lowest BCUT2D eigenvalue weighted by Gasteiger charge is -2.26. The Morgan fingerprint density at radius 2 is 2.12 bits per heavy atom. The first-order valence-corrected chi connectivity index (χ1v) is 7.52. The van der Waals surface area contributed by atoms with Crippen molar-refractivity contribution < 1.29 is 13.2 Å². The molecule has 0 atom stereocenters. The molecule has 6 nitrogen and oxygen atoms in total. The highest BCUT2D eigenvalue weighted by atomic mass is 32.2. The van der Waals surface area contributed by atoms with Crippen molar-refractivity contribution in [3.63, 3.8) is 0 Å². The Labute approximate surface area is 101 Å². The highest BCUT2D eigenvalue weighted by Crippen LogP contribution is 2.18. The monoisotopic (exact) mass is 259 g/mol. The molecule has 0 saturated carbocycles. The van der Waals surface area contributed by atoms with Crippen LogP contribution in [0.3, 0.4) is 0 Å². The van der Waals surface area contributed by atoms with Gasteiger partial charge in [-0.05, 0) is 25.9 Å². The van der Waals surface area contributed by atoms with E-state index in [4.69, 9.17) is 4.74 Å². The highest BCUT2D eigenvalue weighted by Gasteiger charge is 2.24. The normalized spacial score (nSPS) is 22.4. The summed E-state index contributed by atoms with van der Waals surface area (Å²) in [6, 6.07) is 0. The molecule has 0 amide bonds. The van der Waals surface area contributed by atoms with Gasteiger partial charge >= 0.3 is 0 Å². The minimum Gasteiger partial charge on any atom is -0.475 e. The maximum absolute atomic E-state index is 11.6. The molecule has 2 heterocycles. The maximum Gasteiger partial charge on any atom is 0.209 e. The van der Waals surface area contributed by atoms with Crippen LogP contribution in [0.25, 0.3) is 0 Å². The second-order valence-corrected chi connectivity index (χ2v) is 6.24. The van der Waals surface area contributed by atoms with Crippen LogP contribution in [0.15, 0.2) is 15.8 Å². The number of sulfone groups is 1. The van der Waals surface area contributed by atoms with E-state index in [1.54, 1.807) is 0 Å². The zero-order valence-corrected chi connectivity index (χ0v) is 10.6. The third kappa shape index (κ3) is 3.19. The third-order valence-corrected chi connectivity index (χ3v) is 4.00. The third-order valence-electron chi connectivity index (χ3n) is 2.79. The Hall–Kier alpha value is -1.08. The van der Waals surface area contributed by atoms with Gasteiger partial charge in [0.1, 0.15) is 11.0 Å². The van der Waals surface area contributed by atoms with E-state index in [2.05, 4.69) is 15.6 Å². The Morgan fingerprint density at radius 3 is 2.76 bits per heavy atom. The zero-order valence-electron chi connectivity index (χ0n) is 9.77. The Bertz CT molecular complexity index is 436. The predicted molar refractivity (Wildman–Crippen MR) is 65.3 cm³/mol. The highest BCUT2D eigenvalue weighted by molar-refractivity contribution is 7.94. The molecule has 2 N–H and O–H groups in total. The molecule has 0 unspecified atom stereocenters. The van der Waals surface area contributed by atoms with Crippen molar-refractivity contribution in [3.05, 3.63) is 10.8 Å². The van der Waals surface area contributed by atoms with Gasteiger partial charge in [-0.1, -0.05) is 0 Å². The number of nitrogens with zero attached hydrogens (tertiary/aromatic N) is 1. The lowest BCUT2D eigenvalue weighted by Crippen LogP contribution is -2.35. The SMILES string of the molecule is CS(=O)(=O)C1=C(OC2CCNCC2)NC=NC1. The number of hydrogen-bond acceptors (Lipinski definition) is 6. The molecule has 96 valence electrons. The molecular weight excluding hydrogens is 242 g/mol. The maximum atomic E-state index is 11.6. The van der Waals surface area contributed by atoms with Crippen molar-refractivity contribution in [1.82, 2.24) is 10.6 Å². The standard InChI is InChI=1S/C10H17N3O3S/c1-17(14,15)9-6-12-7-13-10(9)16-8-2-4-11-5-3-8/h7-8,11H,2-6H2,1H3,(H,12,13). The fraction of sp³-hybridized carbons (Fsp3) is 0.700. The van der Waals surface area contributed by atoms with E-state index in [1.165, 1.54) is 12.6 Å². The van der Waals surface area contributed by atoms with Gasteiger partial charge in [0.15, 0.2) is 9.84 Å². The van der Waals surface area contributed by atoms with E-state index < -0.39 is 9.84 Å². The number of ether oxygens (including phenoxy) is 1. The Morgan fingerprint density at radius 1 is 1.41 bits per heavy atom. The molecule has 0 aromatic carbocycles. The average molecular weight is 259 g/mol.